The Morgan fingerprint density at radius 2 is 2.05 bits per heavy atom. The molecule has 0 radical (unpaired) electrons. The average molecular weight is 306 g/mol. The third kappa shape index (κ3) is 2.74. The molecule has 0 unspecified atom stereocenters. The molecular formula is C16H16ClNOS. The lowest BCUT2D eigenvalue weighted by Crippen LogP contribution is -2.25. The van der Waals surface area contributed by atoms with Crippen molar-refractivity contribution in [3.8, 4) is 0 Å². The molecule has 1 aliphatic carbocycles. The molecule has 1 aromatic heterocycles. The Labute approximate surface area is 128 Å². The van der Waals surface area contributed by atoms with Crippen molar-refractivity contribution in [1.82, 2.24) is 4.90 Å². The van der Waals surface area contributed by atoms with Gasteiger partial charge in [-0.25, -0.2) is 0 Å². The molecule has 0 aliphatic heterocycles. The first kappa shape index (κ1) is 13.7. The highest BCUT2D eigenvalue weighted by Gasteiger charge is 2.20. The Morgan fingerprint density at radius 3 is 2.75 bits per heavy atom. The number of amides is 1. The maximum atomic E-state index is 12.4. The largest absolute Gasteiger partial charge is 0.337 e. The van der Waals surface area contributed by atoms with Crippen molar-refractivity contribution in [1.29, 1.82) is 0 Å². The molecule has 1 heterocycles. The van der Waals surface area contributed by atoms with E-state index in [0.29, 0.717) is 6.54 Å². The summed E-state index contributed by atoms with van der Waals surface area (Å²) in [6.45, 7) is 0.610. The van der Waals surface area contributed by atoms with Crippen molar-refractivity contribution in [3.05, 3.63) is 56.2 Å². The van der Waals surface area contributed by atoms with Crippen LogP contribution in [0.2, 0.25) is 5.02 Å². The van der Waals surface area contributed by atoms with Crippen LogP contribution < -0.4 is 0 Å². The van der Waals surface area contributed by atoms with Gasteiger partial charge in [0.25, 0.3) is 5.91 Å². The number of halogens is 1. The van der Waals surface area contributed by atoms with Gasteiger partial charge in [0.2, 0.25) is 0 Å². The summed E-state index contributed by atoms with van der Waals surface area (Å²) in [5.41, 5.74) is 2.47. The van der Waals surface area contributed by atoms with Crippen molar-refractivity contribution in [2.45, 2.75) is 25.8 Å². The molecule has 0 spiro atoms. The third-order valence-electron chi connectivity index (χ3n) is 3.64. The molecule has 0 bridgehead atoms. The Bertz CT molecular complexity index is 611. The number of carbonyl (C=O) groups is 1. The average Bonchev–Trinajstić information content (AvgIpc) is 3.01. The minimum atomic E-state index is 0.111. The summed E-state index contributed by atoms with van der Waals surface area (Å²) in [5.74, 6) is 0.111. The molecule has 20 heavy (non-hydrogen) atoms. The molecule has 2 nitrogen and oxygen atoms in total. The summed E-state index contributed by atoms with van der Waals surface area (Å²) in [7, 11) is 1.85. The molecule has 0 N–H and O–H groups in total. The minimum Gasteiger partial charge on any atom is -0.337 e. The summed E-state index contributed by atoms with van der Waals surface area (Å²) in [4.78, 5) is 16.5. The summed E-state index contributed by atoms with van der Waals surface area (Å²) in [6.07, 6.45) is 3.49. The first-order valence-corrected chi connectivity index (χ1v) is 7.94. The van der Waals surface area contributed by atoms with Crippen molar-refractivity contribution < 1.29 is 4.79 Å². The van der Waals surface area contributed by atoms with Gasteiger partial charge in [0.1, 0.15) is 0 Å². The summed E-state index contributed by atoms with van der Waals surface area (Å²) in [5, 5.41) is 0.720. The van der Waals surface area contributed by atoms with E-state index in [4.69, 9.17) is 11.6 Å². The van der Waals surface area contributed by atoms with Gasteiger partial charge >= 0.3 is 0 Å². The molecule has 104 valence electrons. The Kier molecular flexibility index (Phi) is 3.81. The maximum absolute atomic E-state index is 12.4. The third-order valence-corrected chi connectivity index (χ3v) is 5.11. The van der Waals surface area contributed by atoms with Gasteiger partial charge in [-0.05, 0) is 48.6 Å². The van der Waals surface area contributed by atoms with E-state index in [0.717, 1.165) is 28.3 Å². The van der Waals surface area contributed by atoms with Crippen LogP contribution in [0.15, 0.2) is 30.3 Å². The Morgan fingerprint density at radius 1 is 1.30 bits per heavy atom. The van der Waals surface area contributed by atoms with E-state index in [1.807, 2.05) is 31.3 Å². The van der Waals surface area contributed by atoms with Gasteiger partial charge in [-0.2, -0.15) is 0 Å². The molecule has 0 fully saturated rings. The SMILES string of the molecule is CN(Cc1ccc(Cl)cc1)C(=O)c1cc2c(s1)CCC2. The number of fused-ring (bicyclic) bond motifs is 1. The van der Waals surface area contributed by atoms with E-state index in [2.05, 4.69) is 6.07 Å². The smallest absolute Gasteiger partial charge is 0.263 e. The molecule has 1 amide bonds. The van der Waals surface area contributed by atoms with E-state index >= 15 is 0 Å². The van der Waals surface area contributed by atoms with Crippen molar-refractivity contribution in [2.75, 3.05) is 7.05 Å². The number of nitrogens with zero attached hydrogens (tertiary/aromatic N) is 1. The van der Waals surface area contributed by atoms with E-state index in [1.165, 1.54) is 16.9 Å². The molecule has 1 aliphatic rings. The predicted molar refractivity (Wildman–Crippen MR) is 83.6 cm³/mol. The van der Waals surface area contributed by atoms with E-state index in [1.54, 1.807) is 16.2 Å². The number of benzene rings is 1. The fourth-order valence-corrected chi connectivity index (χ4v) is 3.93. The molecule has 0 saturated carbocycles. The standard InChI is InChI=1S/C16H16ClNOS/c1-18(10-11-5-7-13(17)8-6-11)16(19)15-9-12-3-2-4-14(12)20-15/h5-9H,2-4,10H2,1H3. The zero-order valence-corrected chi connectivity index (χ0v) is 12.9. The number of hydrogen-bond acceptors (Lipinski definition) is 2. The first-order valence-electron chi connectivity index (χ1n) is 6.75. The van der Waals surface area contributed by atoms with Gasteiger partial charge in [-0.3, -0.25) is 4.79 Å². The lowest BCUT2D eigenvalue weighted by atomic mass is 10.2. The van der Waals surface area contributed by atoms with Crippen LogP contribution in [0.5, 0.6) is 0 Å². The van der Waals surface area contributed by atoms with E-state index in [9.17, 15) is 4.79 Å². The second-order valence-corrected chi connectivity index (χ2v) is 6.77. The quantitative estimate of drug-likeness (QED) is 0.833. The monoisotopic (exact) mass is 305 g/mol. The Hall–Kier alpha value is -1.32. The fourth-order valence-electron chi connectivity index (χ4n) is 2.56. The van der Waals surface area contributed by atoms with Gasteiger partial charge in [-0.1, -0.05) is 23.7 Å². The number of aryl methyl sites for hydroxylation is 2. The highest BCUT2D eigenvalue weighted by molar-refractivity contribution is 7.14. The van der Waals surface area contributed by atoms with Crippen LogP contribution in [0.3, 0.4) is 0 Å². The minimum absolute atomic E-state index is 0.111. The van der Waals surface area contributed by atoms with E-state index < -0.39 is 0 Å². The maximum Gasteiger partial charge on any atom is 0.263 e. The predicted octanol–water partition coefficient (Wildman–Crippen LogP) is 4.16. The number of rotatable bonds is 3. The molecule has 3 rings (SSSR count). The van der Waals surface area contributed by atoms with Crippen LogP contribution in [0.1, 0.15) is 32.1 Å². The van der Waals surface area contributed by atoms with Gasteiger partial charge in [0.15, 0.2) is 0 Å². The lowest BCUT2D eigenvalue weighted by Gasteiger charge is -2.16. The molecule has 0 atom stereocenters. The van der Waals surface area contributed by atoms with Crippen LogP contribution >= 0.6 is 22.9 Å². The van der Waals surface area contributed by atoms with Crippen LogP contribution in [-0.4, -0.2) is 17.9 Å². The number of carbonyl (C=O) groups excluding carboxylic acids is 1. The summed E-state index contributed by atoms with van der Waals surface area (Å²) < 4.78 is 0. The molecule has 2 aromatic rings. The second-order valence-electron chi connectivity index (χ2n) is 5.20. The summed E-state index contributed by atoms with van der Waals surface area (Å²) >= 11 is 7.53. The van der Waals surface area contributed by atoms with Crippen molar-refractivity contribution in [2.24, 2.45) is 0 Å². The van der Waals surface area contributed by atoms with E-state index in [-0.39, 0.29) is 5.91 Å². The van der Waals surface area contributed by atoms with Gasteiger partial charge in [0.05, 0.1) is 4.88 Å². The zero-order chi connectivity index (χ0) is 14.1. The van der Waals surface area contributed by atoms with Gasteiger partial charge in [0, 0.05) is 23.5 Å². The molecule has 0 saturated heterocycles. The highest BCUT2D eigenvalue weighted by atomic mass is 35.5. The topological polar surface area (TPSA) is 20.3 Å². The molecular weight excluding hydrogens is 290 g/mol. The molecule has 4 heteroatoms. The molecule has 1 aromatic carbocycles. The highest BCUT2D eigenvalue weighted by Crippen LogP contribution is 2.31. The lowest BCUT2D eigenvalue weighted by molar-refractivity contribution is 0.0790. The van der Waals surface area contributed by atoms with Crippen molar-refractivity contribution >= 4 is 28.8 Å². The van der Waals surface area contributed by atoms with Crippen LogP contribution in [-0.2, 0) is 19.4 Å². The number of hydrogen-bond donors (Lipinski definition) is 0. The van der Waals surface area contributed by atoms with Crippen LogP contribution in [0.4, 0.5) is 0 Å². The number of thiophene rings is 1. The summed E-state index contributed by atoms with van der Waals surface area (Å²) in [6, 6.07) is 9.71. The fraction of sp³-hybridized carbons (Fsp3) is 0.312. The van der Waals surface area contributed by atoms with Gasteiger partial charge in [-0.15, -0.1) is 11.3 Å². The van der Waals surface area contributed by atoms with Crippen LogP contribution in [0, 0.1) is 0 Å². The second kappa shape index (κ2) is 5.58. The normalized spacial score (nSPS) is 13.3. The van der Waals surface area contributed by atoms with Crippen LogP contribution in [0.25, 0.3) is 0 Å². The first-order chi connectivity index (χ1) is 9.63. The van der Waals surface area contributed by atoms with Crippen molar-refractivity contribution in [3.63, 3.8) is 0 Å². The zero-order valence-electron chi connectivity index (χ0n) is 11.4. The van der Waals surface area contributed by atoms with Gasteiger partial charge < -0.3 is 4.90 Å². The Balaban J connectivity index is 1.71.